The lowest BCUT2D eigenvalue weighted by Crippen LogP contribution is -2.39. The lowest BCUT2D eigenvalue weighted by Gasteiger charge is -2.30. The molecule has 1 aromatic carbocycles. The molecule has 0 unspecified atom stereocenters. The predicted molar refractivity (Wildman–Crippen MR) is 74.6 cm³/mol. The average molecular weight is 264 g/mol. The van der Waals surface area contributed by atoms with Gasteiger partial charge in [0, 0.05) is 12.2 Å². The van der Waals surface area contributed by atoms with E-state index in [1.807, 2.05) is 6.92 Å². The number of benzene rings is 1. The van der Waals surface area contributed by atoms with Gasteiger partial charge in [0.05, 0.1) is 6.54 Å². The van der Waals surface area contributed by atoms with Crippen LogP contribution in [0.4, 0.5) is 10.1 Å². The van der Waals surface area contributed by atoms with E-state index in [0.29, 0.717) is 18.2 Å². The molecule has 1 amide bonds. The fourth-order valence-corrected chi connectivity index (χ4v) is 2.55. The summed E-state index contributed by atoms with van der Waals surface area (Å²) in [4.78, 5) is 14.1. The van der Waals surface area contributed by atoms with E-state index in [0.717, 1.165) is 25.1 Å². The second-order valence-corrected chi connectivity index (χ2v) is 5.49. The summed E-state index contributed by atoms with van der Waals surface area (Å²) in [7, 11) is 0. The Morgan fingerprint density at radius 2 is 2.32 bits per heavy atom. The largest absolute Gasteiger partial charge is 0.325 e. The van der Waals surface area contributed by atoms with E-state index >= 15 is 0 Å². The SMILES string of the molecule is Cc1ccc(F)cc1NC(=O)CN1CCC[C@H](C)C1. The van der Waals surface area contributed by atoms with Gasteiger partial charge in [-0.1, -0.05) is 13.0 Å². The highest BCUT2D eigenvalue weighted by molar-refractivity contribution is 5.92. The van der Waals surface area contributed by atoms with Crippen LogP contribution in [0.25, 0.3) is 0 Å². The first-order valence-electron chi connectivity index (χ1n) is 6.83. The number of nitrogens with one attached hydrogen (secondary N) is 1. The van der Waals surface area contributed by atoms with Crippen molar-refractivity contribution in [2.45, 2.75) is 26.7 Å². The highest BCUT2D eigenvalue weighted by Crippen LogP contribution is 2.17. The zero-order valence-corrected chi connectivity index (χ0v) is 11.6. The van der Waals surface area contributed by atoms with Gasteiger partial charge in [0.25, 0.3) is 0 Å². The minimum absolute atomic E-state index is 0.0669. The minimum Gasteiger partial charge on any atom is -0.325 e. The van der Waals surface area contributed by atoms with Crippen molar-refractivity contribution in [3.05, 3.63) is 29.6 Å². The highest BCUT2D eigenvalue weighted by Gasteiger charge is 2.18. The number of nitrogens with zero attached hydrogens (tertiary/aromatic N) is 1. The molecule has 0 aliphatic carbocycles. The van der Waals surface area contributed by atoms with Gasteiger partial charge >= 0.3 is 0 Å². The van der Waals surface area contributed by atoms with E-state index in [1.165, 1.54) is 18.6 Å². The number of carbonyl (C=O) groups excluding carboxylic acids is 1. The quantitative estimate of drug-likeness (QED) is 0.910. The molecule has 1 aliphatic rings. The topological polar surface area (TPSA) is 32.3 Å². The molecular weight excluding hydrogens is 243 g/mol. The van der Waals surface area contributed by atoms with Crippen molar-refractivity contribution in [2.75, 3.05) is 25.0 Å². The summed E-state index contributed by atoms with van der Waals surface area (Å²) in [5.41, 5.74) is 1.44. The summed E-state index contributed by atoms with van der Waals surface area (Å²) >= 11 is 0. The zero-order valence-electron chi connectivity index (χ0n) is 11.6. The van der Waals surface area contributed by atoms with E-state index in [9.17, 15) is 9.18 Å². The maximum Gasteiger partial charge on any atom is 0.238 e. The van der Waals surface area contributed by atoms with Gasteiger partial charge in [0.1, 0.15) is 5.82 Å². The van der Waals surface area contributed by atoms with Crippen LogP contribution >= 0.6 is 0 Å². The average Bonchev–Trinajstić information content (AvgIpc) is 2.34. The first-order chi connectivity index (χ1) is 9.04. The first-order valence-corrected chi connectivity index (χ1v) is 6.83. The van der Waals surface area contributed by atoms with Crippen LogP contribution in [0.5, 0.6) is 0 Å². The summed E-state index contributed by atoms with van der Waals surface area (Å²) in [6.07, 6.45) is 2.38. The molecule has 19 heavy (non-hydrogen) atoms. The van der Waals surface area contributed by atoms with E-state index in [1.54, 1.807) is 6.07 Å². The number of hydrogen-bond acceptors (Lipinski definition) is 2. The molecule has 0 radical (unpaired) electrons. The summed E-state index contributed by atoms with van der Waals surface area (Å²) in [6.45, 7) is 6.40. The zero-order chi connectivity index (χ0) is 13.8. The van der Waals surface area contributed by atoms with Crippen molar-refractivity contribution in [2.24, 2.45) is 5.92 Å². The molecule has 2 rings (SSSR count). The maximum absolute atomic E-state index is 13.1. The van der Waals surface area contributed by atoms with Crippen LogP contribution in [-0.2, 0) is 4.79 Å². The standard InChI is InChI=1S/C15H21FN2O/c1-11-4-3-7-18(9-11)10-15(19)17-14-8-13(16)6-5-12(14)2/h5-6,8,11H,3-4,7,9-10H2,1-2H3,(H,17,19)/t11-/m0/s1. The first kappa shape index (κ1) is 14.0. The van der Waals surface area contributed by atoms with Gasteiger partial charge in [-0.3, -0.25) is 9.69 Å². The number of anilines is 1. The van der Waals surface area contributed by atoms with Crippen molar-refractivity contribution in [1.29, 1.82) is 0 Å². The van der Waals surface area contributed by atoms with Crippen molar-refractivity contribution < 1.29 is 9.18 Å². The van der Waals surface area contributed by atoms with E-state index in [4.69, 9.17) is 0 Å². The summed E-state index contributed by atoms with van der Waals surface area (Å²) in [5, 5.41) is 2.79. The summed E-state index contributed by atoms with van der Waals surface area (Å²) in [6, 6.07) is 4.44. The molecule has 1 N–H and O–H groups in total. The molecular formula is C15H21FN2O. The monoisotopic (exact) mass is 264 g/mol. The molecule has 104 valence electrons. The van der Waals surface area contributed by atoms with Crippen molar-refractivity contribution in [3.63, 3.8) is 0 Å². The Labute approximate surface area is 113 Å². The fourth-order valence-electron chi connectivity index (χ4n) is 2.55. The third-order valence-corrected chi connectivity index (χ3v) is 3.58. The second-order valence-electron chi connectivity index (χ2n) is 5.49. The van der Waals surface area contributed by atoms with Gasteiger partial charge in [0.15, 0.2) is 0 Å². The third-order valence-electron chi connectivity index (χ3n) is 3.58. The maximum atomic E-state index is 13.1. The number of rotatable bonds is 3. The molecule has 3 nitrogen and oxygen atoms in total. The van der Waals surface area contributed by atoms with Crippen LogP contribution in [-0.4, -0.2) is 30.4 Å². The number of halogens is 1. The second kappa shape index (κ2) is 6.15. The van der Waals surface area contributed by atoms with Gasteiger partial charge in [-0.15, -0.1) is 0 Å². The number of carbonyl (C=O) groups is 1. The van der Waals surface area contributed by atoms with Gasteiger partial charge in [-0.2, -0.15) is 0 Å². The van der Waals surface area contributed by atoms with E-state index < -0.39 is 0 Å². The molecule has 1 aliphatic heterocycles. The van der Waals surface area contributed by atoms with Crippen LogP contribution in [0, 0.1) is 18.7 Å². The van der Waals surface area contributed by atoms with Crippen molar-refractivity contribution in [3.8, 4) is 0 Å². The Bertz CT molecular complexity index is 461. The molecule has 1 heterocycles. The van der Waals surface area contributed by atoms with Crippen LogP contribution in [0.15, 0.2) is 18.2 Å². The van der Waals surface area contributed by atoms with Crippen LogP contribution < -0.4 is 5.32 Å². The van der Waals surface area contributed by atoms with E-state index in [-0.39, 0.29) is 11.7 Å². The lowest BCUT2D eigenvalue weighted by molar-refractivity contribution is -0.117. The van der Waals surface area contributed by atoms with Crippen molar-refractivity contribution in [1.82, 2.24) is 4.90 Å². The molecule has 1 fully saturated rings. The van der Waals surface area contributed by atoms with Gasteiger partial charge < -0.3 is 5.32 Å². The lowest BCUT2D eigenvalue weighted by atomic mass is 10.0. The van der Waals surface area contributed by atoms with Gasteiger partial charge in [-0.05, 0) is 49.9 Å². The Morgan fingerprint density at radius 1 is 1.53 bits per heavy atom. The van der Waals surface area contributed by atoms with Crippen LogP contribution in [0.1, 0.15) is 25.3 Å². The fraction of sp³-hybridized carbons (Fsp3) is 0.533. The molecule has 0 aromatic heterocycles. The highest BCUT2D eigenvalue weighted by atomic mass is 19.1. The molecule has 4 heteroatoms. The Kier molecular flexibility index (Phi) is 4.53. The molecule has 0 spiro atoms. The summed E-state index contributed by atoms with van der Waals surface area (Å²) in [5.74, 6) is 0.257. The van der Waals surface area contributed by atoms with Gasteiger partial charge in [0.2, 0.25) is 5.91 Å². The molecule has 1 saturated heterocycles. The molecule has 0 saturated carbocycles. The Hall–Kier alpha value is -1.42. The summed E-state index contributed by atoms with van der Waals surface area (Å²) < 4.78 is 13.1. The number of likely N-dealkylation sites (tertiary alicyclic amines) is 1. The van der Waals surface area contributed by atoms with E-state index in [2.05, 4.69) is 17.1 Å². The number of piperidine rings is 1. The van der Waals surface area contributed by atoms with Gasteiger partial charge in [-0.25, -0.2) is 4.39 Å². The minimum atomic E-state index is -0.326. The molecule has 0 bridgehead atoms. The normalized spacial score (nSPS) is 20.3. The predicted octanol–water partition coefficient (Wildman–Crippen LogP) is 2.80. The number of aryl methyl sites for hydroxylation is 1. The molecule has 1 aromatic rings. The number of hydrogen-bond donors (Lipinski definition) is 1. The van der Waals surface area contributed by atoms with Crippen LogP contribution in [0.3, 0.4) is 0 Å². The third kappa shape index (κ3) is 4.03. The Morgan fingerprint density at radius 3 is 3.05 bits per heavy atom. The van der Waals surface area contributed by atoms with Crippen LogP contribution in [0.2, 0.25) is 0 Å². The smallest absolute Gasteiger partial charge is 0.238 e. The molecule has 1 atom stereocenters. The Balaban J connectivity index is 1.92. The van der Waals surface area contributed by atoms with Crippen molar-refractivity contribution >= 4 is 11.6 Å². The number of amides is 1.